The third-order valence-electron chi connectivity index (χ3n) is 5.37. The summed E-state index contributed by atoms with van der Waals surface area (Å²) in [4.78, 5) is 0. The third kappa shape index (κ3) is 3.90. The highest BCUT2D eigenvalue weighted by molar-refractivity contribution is 8.07. The van der Waals surface area contributed by atoms with E-state index in [2.05, 4.69) is 25.6 Å². The van der Waals surface area contributed by atoms with E-state index in [-0.39, 0.29) is 11.7 Å². The van der Waals surface area contributed by atoms with Crippen LogP contribution in [0.4, 0.5) is 0 Å². The fraction of sp³-hybridized carbons (Fsp3) is 1.00. The molecule has 1 spiro atoms. The minimum absolute atomic E-state index is 0.0977. The molecule has 0 saturated carbocycles. The molecule has 0 bridgehead atoms. The lowest BCUT2D eigenvalue weighted by Crippen LogP contribution is -2.48. The Morgan fingerprint density at radius 1 is 1.19 bits per heavy atom. The third-order valence-corrected chi connectivity index (χ3v) is 9.86. The van der Waals surface area contributed by atoms with Gasteiger partial charge in [-0.15, -0.1) is 0 Å². The largest absolute Gasteiger partial charge is 0.392 e. The maximum absolute atomic E-state index is 10.9. The summed E-state index contributed by atoms with van der Waals surface area (Å²) in [6.07, 6.45) is 4.34. The Morgan fingerprint density at radius 3 is 2.67 bits per heavy atom. The SMILES string of the molecule is CC1SCC(C(O)C2CCOC3(CCSCC3)C2)SC1C. The number of aliphatic hydroxyl groups excluding tert-OH is 1. The molecule has 122 valence electrons. The molecular weight excluding hydrogens is 320 g/mol. The first-order valence-electron chi connectivity index (χ1n) is 8.26. The zero-order valence-electron chi connectivity index (χ0n) is 13.1. The number of hydrogen-bond donors (Lipinski definition) is 1. The van der Waals surface area contributed by atoms with Crippen LogP contribution in [0.25, 0.3) is 0 Å². The second-order valence-electron chi connectivity index (χ2n) is 6.81. The molecule has 3 heterocycles. The predicted octanol–water partition coefficient (Wildman–Crippen LogP) is 3.67. The average molecular weight is 349 g/mol. The lowest BCUT2D eigenvalue weighted by molar-refractivity contribution is -0.120. The second-order valence-corrected chi connectivity index (χ2v) is 11.1. The van der Waals surface area contributed by atoms with E-state index in [4.69, 9.17) is 4.74 Å². The number of ether oxygens (including phenoxy) is 1. The van der Waals surface area contributed by atoms with Crippen molar-refractivity contribution in [3.63, 3.8) is 0 Å². The van der Waals surface area contributed by atoms with Gasteiger partial charge in [0.25, 0.3) is 0 Å². The summed E-state index contributed by atoms with van der Waals surface area (Å²) >= 11 is 6.10. The van der Waals surface area contributed by atoms with E-state index in [0.29, 0.717) is 16.4 Å². The van der Waals surface area contributed by atoms with Crippen molar-refractivity contribution in [3.05, 3.63) is 0 Å². The van der Waals surface area contributed by atoms with Gasteiger partial charge in [-0.3, -0.25) is 0 Å². The van der Waals surface area contributed by atoms with E-state index in [0.717, 1.165) is 30.5 Å². The highest BCUT2D eigenvalue weighted by atomic mass is 32.2. The molecular formula is C16H28O2S3. The highest BCUT2D eigenvalue weighted by Crippen LogP contribution is 2.44. The van der Waals surface area contributed by atoms with Gasteiger partial charge < -0.3 is 9.84 Å². The molecule has 1 N–H and O–H groups in total. The van der Waals surface area contributed by atoms with Gasteiger partial charge in [-0.1, -0.05) is 13.8 Å². The second kappa shape index (κ2) is 7.25. The molecule has 5 heteroatoms. The van der Waals surface area contributed by atoms with Gasteiger partial charge in [-0.25, -0.2) is 0 Å². The number of hydrogen-bond acceptors (Lipinski definition) is 5. The van der Waals surface area contributed by atoms with Crippen molar-refractivity contribution in [2.75, 3.05) is 23.9 Å². The Morgan fingerprint density at radius 2 is 1.95 bits per heavy atom. The van der Waals surface area contributed by atoms with Crippen LogP contribution >= 0.6 is 35.3 Å². The monoisotopic (exact) mass is 348 g/mol. The van der Waals surface area contributed by atoms with E-state index < -0.39 is 0 Å². The van der Waals surface area contributed by atoms with Crippen LogP contribution in [0.1, 0.15) is 39.5 Å². The number of thioether (sulfide) groups is 3. The predicted molar refractivity (Wildman–Crippen MR) is 96.7 cm³/mol. The fourth-order valence-electron chi connectivity index (χ4n) is 3.74. The van der Waals surface area contributed by atoms with Crippen molar-refractivity contribution in [2.24, 2.45) is 5.92 Å². The summed E-state index contributed by atoms with van der Waals surface area (Å²) < 4.78 is 6.18. The van der Waals surface area contributed by atoms with E-state index in [9.17, 15) is 5.11 Å². The Kier molecular flexibility index (Phi) is 5.80. The molecule has 0 aliphatic carbocycles. The molecule has 0 aromatic heterocycles. The van der Waals surface area contributed by atoms with Crippen molar-refractivity contribution in [1.82, 2.24) is 0 Å². The highest BCUT2D eigenvalue weighted by Gasteiger charge is 2.43. The summed E-state index contributed by atoms with van der Waals surface area (Å²) in [5.41, 5.74) is 0.0977. The van der Waals surface area contributed by atoms with Crippen LogP contribution in [0.3, 0.4) is 0 Å². The molecule has 21 heavy (non-hydrogen) atoms. The topological polar surface area (TPSA) is 29.5 Å². The van der Waals surface area contributed by atoms with E-state index in [1.54, 1.807) is 0 Å². The Bertz CT molecular complexity index is 341. The van der Waals surface area contributed by atoms with Gasteiger partial charge in [0.2, 0.25) is 0 Å². The lowest BCUT2D eigenvalue weighted by atomic mass is 9.79. The van der Waals surface area contributed by atoms with Crippen molar-refractivity contribution in [2.45, 2.75) is 67.0 Å². The van der Waals surface area contributed by atoms with Crippen molar-refractivity contribution >= 4 is 35.3 Å². The molecule has 0 aromatic carbocycles. The van der Waals surface area contributed by atoms with Gasteiger partial charge in [0.15, 0.2) is 0 Å². The first kappa shape index (κ1) is 16.8. The summed E-state index contributed by atoms with van der Waals surface area (Å²) in [7, 11) is 0. The van der Waals surface area contributed by atoms with Gasteiger partial charge in [-0.2, -0.15) is 35.3 Å². The molecule has 5 atom stereocenters. The summed E-state index contributed by atoms with van der Waals surface area (Å²) in [5, 5.41) is 12.7. The van der Waals surface area contributed by atoms with Crippen LogP contribution in [-0.4, -0.2) is 56.4 Å². The normalized spacial score (nSPS) is 41.9. The van der Waals surface area contributed by atoms with Gasteiger partial charge >= 0.3 is 0 Å². The minimum atomic E-state index is -0.146. The van der Waals surface area contributed by atoms with Crippen molar-refractivity contribution in [1.29, 1.82) is 0 Å². The zero-order chi connectivity index (χ0) is 14.9. The van der Waals surface area contributed by atoms with Gasteiger partial charge in [0.05, 0.1) is 11.7 Å². The molecule has 2 nitrogen and oxygen atoms in total. The van der Waals surface area contributed by atoms with Gasteiger partial charge in [0, 0.05) is 28.1 Å². The number of aliphatic hydroxyl groups is 1. The lowest BCUT2D eigenvalue weighted by Gasteiger charge is -2.46. The van der Waals surface area contributed by atoms with Gasteiger partial charge in [0.1, 0.15) is 0 Å². The maximum atomic E-state index is 10.9. The smallest absolute Gasteiger partial charge is 0.0701 e. The molecule has 0 amide bonds. The summed E-state index contributed by atoms with van der Waals surface area (Å²) in [5.74, 6) is 4.01. The van der Waals surface area contributed by atoms with Crippen LogP contribution in [0, 0.1) is 5.92 Å². The molecule has 3 aliphatic rings. The van der Waals surface area contributed by atoms with Gasteiger partial charge in [-0.05, 0) is 43.1 Å². The average Bonchev–Trinajstić information content (AvgIpc) is 2.50. The molecule has 0 aromatic rings. The summed E-state index contributed by atoms with van der Waals surface area (Å²) in [6.45, 7) is 5.47. The summed E-state index contributed by atoms with van der Waals surface area (Å²) in [6, 6.07) is 0. The Labute approximate surface area is 141 Å². The van der Waals surface area contributed by atoms with Crippen LogP contribution in [0.15, 0.2) is 0 Å². The molecule has 3 fully saturated rings. The van der Waals surface area contributed by atoms with E-state index in [1.165, 1.54) is 24.3 Å². The molecule has 3 aliphatic heterocycles. The van der Waals surface area contributed by atoms with Crippen LogP contribution < -0.4 is 0 Å². The minimum Gasteiger partial charge on any atom is -0.392 e. The fourth-order valence-corrected chi connectivity index (χ4v) is 8.07. The Hall–Kier alpha value is 0.970. The van der Waals surface area contributed by atoms with Crippen LogP contribution in [0.2, 0.25) is 0 Å². The zero-order valence-corrected chi connectivity index (χ0v) is 15.6. The van der Waals surface area contributed by atoms with Crippen LogP contribution in [-0.2, 0) is 4.74 Å². The molecule has 3 saturated heterocycles. The molecule has 0 radical (unpaired) electrons. The molecule has 3 rings (SSSR count). The number of rotatable bonds is 2. The van der Waals surface area contributed by atoms with E-state index >= 15 is 0 Å². The van der Waals surface area contributed by atoms with E-state index in [1.807, 2.05) is 23.5 Å². The quantitative estimate of drug-likeness (QED) is 0.822. The van der Waals surface area contributed by atoms with Crippen molar-refractivity contribution in [3.8, 4) is 0 Å². The first-order chi connectivity index (χ1) is 10.1. The molecule has 5 unspecified atom stereocenters. The maximum Gasteiger partial charge on any atom is 0.0701 e. The van der Waals surface area contributed by atoms with Crippen LogP contribution in [0.5, 0.6) is 0 Å². The van der Waals surface area contributed by atoms with Crippen molar-refractivity contribution < 1.29 is 9.84 Å². The Balaban J connectivity index is 1.60. The standard InChI is InChI=1S/C16H28O2S3/c1-11-12(2)21-14(10-20-11)15(17)13-3-6-18-16(9-13)4-7-19-8-5-16/h11-15,17H,3-10H2,1-2H3. The first-order valence-corrected chi connectivity index (χ1v) is 11.4.